The average molecular weight is 398 g/mol. The van der Waals surface area contributed by atoms with Crippen LogP contribution in [0.5, 0.6) is 5.75 Å². The van der Waals surface area contributed by atoms with Crippen LogP contribution in [0, 0.1) is 0 Å². The van der Waals surface area contributed by atoms with E-state index in [-0.39, 0.29) is 5.91 Å². The van der Waals surface area contributed by atoms with Crippen molar-refractivity contribution < 1.29 is 13.9 Å². The summed E-state index contributed by atoms with van der Waals surface area (Å²) >= 11 is 1.31. The summed E-state index contributed by atoms with van der Waals surface area (Å²) in [6, 6.07) is 11.3. The zero-order chi connectivity index (χ0) is 19.3. The third-order valence-electron chi connectivity index (χ3n) is 4.76. The number of hydrogen-bond acceptors (Lipinski definition) is 6. The van der Waals surface area contributed by atoms with Crippen LogP contribution in [0.2, 0.25) is 0 Å². The molecule has 0 spiro atoms. The number of ether oxygens (including phenoxy) is 1. The van der Waals surface area contributed by atoms with E-state index in [1.165, 1.54) is 37.4 Å². The molecule has 7 heteroatoms. The Kier molecular flexibility index (Phi) is 5.71. The van der Waals surface area contributed by atoms with Gasteiger partial charge >= 0.3 is 0 Å². The number of nitrogens with zero attached hydrogens (tertiary/aromatic N) is 2. The number of carbonyl (C=O) groups is 1. The van der Waals surface area contributed by atoms with Crippen LogP contribution in [0.3, 0.4) is 0 Å². The van der Waals surface area contributed by atoms with Gasteiger partial charge in [-0.2, -0.15) is 0 Å². The van der Waals surface area contributed by atoms with Crippen molar-refractivity contribution in [3.8, 4) is 5.75 Å². The topological polar surface area (TPSA) is 67.1 Å². The van der Waals surface area contributed by atoms with Crippen molar-refractivity contribution in [3.63, 3.8) is 0 Å². The minimum atomic E-state index is -0.162. The van der Waals surface area contributed by atoms with Gasteiger partial charge in [-0.1, -0.05) is 12.8 Å². The zero-order valence-electron chi connectivity index (χ0n) is 15.8. The van der Waals surface area contributed by atoms with Gasteiger partial charge in [0.15, 0.2) is 11.1 Å². The molecule has 1 amide bonds. The molecule has 146 valence electrons. The Labute approximate surface area is 168 Å². The van der Waals surface area contributed by atoms with Crippen molar-refractivity contribution >= 4 is 40.5 Å². The number of methoxy groups -OCH3 is 1. The minimum Gasteiger partial charge on any atom is -0.497 e. The number of amidine groups is 1. The van der Waals surface area contributed by atoms with Crippen LogP contribution in [-0.2, 0) is 4.79 Å². The Morgan fingerprint density at radius 2 is 1.86 bits per heavy atom. The predicted octanol–water partition coefficient (Wildman–Crippen LogP) is 4.56. The van der Waals surface area contributed by atoms with E-state index in [4.69, 9.17) is 9.15 Å². The summed E-state index contributed by atoms with van der Waals surface area (Å²) in [6.45, 7) is 2.05. The third-order valence-corrected chi connectivity index (χ3v) is 5.67. The highest BCUT2D eigenvalue weighted by atomic mass is 32.2. The van der Waals surface area contributed by atoms with Gasteiger partial charge < -0.3 is 19.4 Å². The number of amides is 1. The second-order valence-electron chi connectivity index (χ2n) is 6.76. The molecule has 0 bridgehead atoms. The molecule has 28 heavy (non-hydrogen) atoms. The Hall–Kier alpha value is -2.67. The first-order valence-electron chi connectivity index (χ1n) is 9.50. The number of aliphatic imine (C=N–C) groups is 1. The highest BCUT2D eigenvalue weighted by Crippen LogP contribution is 2.30. The van der Waals surface area contributed by atoms with Crippen LogP contribution >= 0.6 is 11.8 Å². The maximum Gasteiger partial charge on any atom is 0.264 e. The van der Waals surface area contributed by atoms with Crippen molar-refractivity contribution in [2.45, 2.75) is 25.7 Å². The van der Waals surface area contributed by atoms with Gasteiger partial charge in [-0.3, -0.25) is 4.79 Å². The number of carbonyl (C=O) groups excluding carboxylic acids is 1. The largest absolute Gasteiger partial charge is 0.497 e. The molecule has 0 atom stereocenters. The van der Waals surface area contributed by atoms with Crippen LogP contribution < -0.4 is 15.0 Å². The number of nitrogens with one attached hydrogen (secondary N) is 1. The molecule has 1 N–H and O–H groups in total. The molecular weight excluding hydrogens is 374 g/mol. The van der Waals surface area contributed by atoms with Crippen LogP contribution in [0.25, 0.3) is 6.08 Å². The van der Waals surface area contributed by atoms with E-state index in [0.29, 0.717) is 15.8 Å². The molecule has 0 saturated carbocycles. The van der Waals surface area contributed by atoms with Gasteiger partial charge in [0, 0.05) is 25.2 Å². The number of rotatable bonds is 4. The van der Waals surface area contributed by atoms with Gasteiger partial charge in [-0.25, -0.2) is 4.99 Å². The molecule has 4 rings (SSSR count). The van der Waals surface area contributed by atoms with Crippen LogP contribution in [0.4, 0.5) is 11.6 Å². The molecule has 2 aliphatic rings. The van der Waals surface area contributed by atoms with E-state index < -0.39 is 0 Å². The molecular formula is C21H23N3O3S. The number of furan rings is 1. The number of thioether (sulfide) groups is 1. The number of anilines is 1. The second kappa shape index (κ2) is 8.56. The lowest BCUT2D eigenvalue weighted by molar-refractivity contribution is -0.115. The fourth-order valence-corrected chi connectivity index (χ4v) is 4.09. The summed E-state index contributed by atoms with van der Waals surface area (Å²) in [5, 5.41) is 3.36. The number of benzene rings is 1. The third kappa shape index (κ3) is 4.42. The first-order chi connectivity index (χ1) is 13.7. The van der Waals surface area contributed by atoms with Crippen molar-refractivity contribution in [1.29, 1.82) is 0 Å². The highest BCUT2D eigenvalue weighted by molar-refractivity contribution is 8.18. The van der Waals surface area contributed by atoms with Crippen LogP contribution in [0.1, 0.15) is 31.4 Å². The van der Waals surface area contributed by atoms with Gasteiger partial charge in [0.1, 0.15) is 11.5 Å². The molecule has 2 aromatic rings. The monoisotopic (exact) mass is 397 g/mol. The van der Waals surface area contributed by atoms with Crippen molar-refractivity contribution in [2.75, 3.05) is 25.1 Å². The maximum atomic E-state index is 12.3. The predicted molar refractivity (Wildman–Crippen MR) is 113 cm³/mol. The van der Waals surface area contributed by atoms with Crippen LogP contribution in [-0.4, -0.2) is 31.3 Å². The van der Waals surface area contributed by atoms with E-state index >= 15 is 0 Å². The average Bonchev–Trinajstić information content (AvgIpc) is 3.19. The first kappa shape index (κ1) is 18.7. The summed E-state index contributed by atoms with van der Waals surface area (Å²) in [7, 11) is 1.62. The van der Waals surface area contributed by atoms with Crippen molar-refractivity contribution in [1.82, 2.24) is 5.32 Å². The molecule has 2 saturated heterocycles. The van der Waals surface area contributed by atoms with Crippen molar-refractivity contribution in [2.24, 2.45) is 4.99 Å². The molecule has 0 unspecified atom stereocenters. The van der Waals surface area contributed by atoms with E-state index in [1.807, 2.05) is 36.4 Å². The summed E-state index contributed by atoms with van der Waals surface area (Å²) in [6.07, 6.45) is 6.72. The van der Waals surface area contributed by atoms with Gasteiger partial charge in [-0.15, -0.1) is 0 Å². The fourth-order valence-electron chi connectivity index (χ4n) is 3.26. The summed E-state index contributed by atoms with van der Waals surface area (Å²) < 4.78 is 11.1. The molecule has 3 heterocycles. The van der Waals surface area contributed by atoms with Gasteiger partial charge in [0.05, 0.1) is 17.7 Å². The lowest BCUT2D eigenvalue weighted by Crippen LogP contribution is -2.23. The molecule has 6 nitrogen and oxygen atoms in total. The second-order valence-corrected chi connectivity index (χ2v) is 7.79. The summed E-state index contributed by atoms with van der Waals surface area (Å²) in [4.78, 5) is 19.6. The molecule has 1 aromatic carbocycles. The fraction of sp³-hybridized carbons (Fsp3) is 0.333. The lowest BCUT2D eigenvalue weighted by atomic mass is 10.2. The van der Waals surface area contributed by atoms with Gasteiger partial charge in [0.25, 0.3) is 5.91 Å². The molecule has 2 aliphatic heterocycles. The van der Waals surface area contributed by atoms with Gasteiger partial charge in [0.2, 0.25) is 0 Å². The van der Waals surface area contributed by atoms with Crippen molar-refractivity contribution in [3.05, 3.63) is 47.1 Å². The molecule has 0 radical (unpaired) electrons. The van der Waals surface area contributed by atoms with E-state index in [0.717, 1.165) is 30.4 Å². The number of hydrogen-bond donors (Lipinski definition) is 1. The SMILES string of the molecule is COc1ccc(N=C2NC(=O)C(=Cc3ccc(N4CCCCCC4)o3)S2)cc1. The Balaban J connectivity index is 1.46. The summed E-state index contributed by atoms with van der Waals surface area (Å²) in [5.74, 6) is 2.17. The molecule has 2 fully saturated rings. The highest BCUT2D eigenvalue weighted by Gasteiger charge is 2.24. The standard InChI is InChI=1S/C21H23N3O3S/c1-26-16-8-6-15(7-9-16)22-21-23-20(25)18(28-21)14-17-10-11-19(27-17)24-12-4-2-3-5-13-24/h6-11,14H,2-5,12-13H2,1H3,(H,22,23,25). The maximum absolute atomic E-state index is 12.3. The van der Waals surface area contributed by atoms with Crippen LogP contribution in [0.15, 0.2) is 50.7 Å². The summed E-state index contributed by atoms with van der Waals surface area (Å²) in [5.41, 5.74) is 0.756. The van der Waals surface area contributed by atoms with E-state index in [9.17, 15) is 4.79 Å². The minimum absolute atomic E-state index is 0.162. The Morgan fingerprint density at radius 3 is 2.57 bits per heavy atom. The quantitative estimate of drug-likeness (QED) is 0.766. The Bertz CT molecular complexity index is 894. The lowest BCUT2D eigenvalue weighted by Gasteiger charge is -2.18. The smallest absolute Gasteiger partial charge is 0.264 e. The molecule has 1 aromatic heterocycles. The van der Waals surface area contributed by atoms with Gasteiger partial charge in [-0.05, 0) is 54.9 Å². The normalized spacial score (nSPS) is 20.5. The molecule has 0 aliphatic carbocycles. The zero-order valence-corrected chi connectivity index (χ0v) is 16.6. The van der Waals surface area contributed by atoms with E-state index in [1.54, 1.807) is 13.2 Å². The first-order valence-corrected chi connectivity index (χ1v) is 10.3. The Morgan fingerprint density at radius 1 is 1.11 bits per heavy atom. The van der Waals surface area contributed by atoms with E-state index in [2.05, 4.69) is 15.2 Å².